The van der Waals surface area contributed by atoms with Crippen molar-refractivity contribution < 1.29 is 0 Å². The Morgan fingerprint density at radius 3 is 2.94 bits per heavy atom. The van der Waals surface area contributed by atoms with Gasteiger partial charge in [-0.05, 0) is 19.4 Å². The first kappa shape index (κ1) is 11.7. The Morgan fingerprint density at radius 1 is 1.29 bits per heavy atom. The van der Waals surface area contributed by atoms with E-state index in [9.17, 15) is 4.79 Å². The van der Waals surface area contributed by atoms with Crippen LogP contribution in [0.4, 0.5) is 0 Å². The van der Waals surface area contributed by atoms with Crippen molar-refractivity contribution in [2.75, 3.05) is 6.54 Å². The molecule has 17 heavy (non-hydrogen) atoms. The molecule has 7 heteroatoms. The Hall–Kier alpha value is -1.76. The predicted molar refractivity (Wildman–Crippen MR) is 63.5 cm³/mol. The Bertz CT molecular complexity index is 531. The number of fused-ring (bicyclic) bond motifs is 1. The zero-order chi connectivity index (χ0) is 12.1. The van der Waals surface area contributed by atoms with Crippen LogP contribution < -0.4 is 11.3 Å². The Morgan fingerprint density at radius 2 is 2.12 bits per heavy atom. The molecule has 2 aromatic heterocycles. The van der Waals surface area contributed by atoms with E-state index in [0.29, 0.717) is 11.2 Å². The van der Waals surface area contributed by atoms with Gasteiger partial charge >= 0.3 is 0 Å². The van der Waals surface area contributed by atoms with E-state index in [1.807, 2.05) is 4.57 Å². The highest BCUT2D eigenvalue weighted by Gasteiger charge is 2.07. The summed E-state index contributed by atoms with van der Waals surface area (Å²) in [6.07, 6.45) is 5.92. The third kappa shape index (κ3) is 2.68. The normalized spacial score (nSPS) is 11.1. The fourth-order valence-electron chi connectivity index (χ4n) is 1.80. The number of hydrogen-bond donors (Lipinski definition) is 2. The number of unbranched alkanes of at least 4 members (excludes halogenated alkanes) is 3. The summed E-state index contributed by atoms with van der Waals surface area (Å²) < 4.78 is 1.82. The van der Waals surface area contributed by atoms with E-state index < -0.39 is 0 Å². The summed E-state index contributed by atoms with van der Waals surface area (Å²) in [4.78, 5) is 15.6. The lowest BCUT2D eigenvalue weighted by Gasteiger charge is -2.02. The van der Waals surface area contributed by atoms with Crippen LogP contribution in [0.1, 0.15) is 25.7 Å². The number of nitrogens with two attached hydrogens (primary N) is 1. The lowest BCUT2D eigenvalue weighted by Crippen LogP contribution is -2.13. The van der Waals surface area contributed by atoms with Gasteiger partial charge in [-0.1, -0.05) is 18.1 Å². The van der Waals surface area contributed by atoms with Crippen molar-refractivity contribution >= 4 is 11.2 Å². The number of imidazole rings is 1. The topological polar surface area (TPSA) is 102 Å². The molecule has 2 heterocycles. The summed E-state index contributed by atoms with van der Waals surface area (Å²) >= 11 is 0. The molecule has 0 aliphatic carbocycles. The number of aromatic nitrogens is 5. The molecule has 3 N–H and O–H groups in total. The second-order valence-electron chi connectivity index (χ2n) is 3.95. The van der Waals surface area contributed by atoms with Gasteiger partial charge in [0.05, 0.1) is 6.33 Å². The molecule has 92 valence electrons. The molecule has 0 aliphatic heterocycles. The molecule has 0 saturated carbocycles. The van der Waals surface area contributed by atoms with Crippen molar-refractivity contribution in [2.24, 2.45) is 5.73 Å². The van der Waals surface area contributed by atoms with Crippen molar-refractivity contribution in [3.63, 3.8) is 0 Å². The van der Waals surface area contributed by atoms with Crippen LogP contribution in [0.25, 0.3) is 11.2 Å². The average Bonchev–Trinajstić information content (AvgIpc) is 2.74. The van der Waals surface area contributed by atoms with E-state index in [1.165, 1.54) is 0 Å². The van der Waals surface area contributed by atoms with Crippen LogP contribution in [0.5, 0.6) is 0 Å². The molecule has 0 aromatic carbocycles. The van der Waals surface area contributed by atoms with E-state index in [2.05, 4.69) is 20.4 Å². The summed E-state index contributed by atoms with van der Waals surface area (Å²) in [5.74, 6) is 0. The molecule has 2 aromatic rings. The van der Waals surface area contributed by atoms with Gasteiger partial charge in [0.2, 0.25) is 5.65 Å². The van der Waals surface area contributed by atoms with Crippen LogP contribution in [0, 0.1) is 0 Å². The van der Waals surface area contributed by atoms with Gasteiger partial charge in [0.25, 0.3) is 5.56 Å². The van der Waals surface area contributed by atoms with Crippen molar-refractivity contribution in [3.8, 4) is 0 Å². The Labute approximate surface area is 98.0 Å². The largest absolute Gasteiger partial charge is 0.330 e. The summed E-state index contributed by atoms with van der Waals surface area (Å²) in [6.45, 7) is 1.51. The number of aromatic amines is 1. The number of hydrogen-bond acceptors (Lipinski definition) is 5. The van der Waals surface area contributed by atoms with E-state index in [0.717, 1.165) is 38.8 Å². The predicted octanol–water partition coefficient (Wildman–Crippen LogP) is 0.0337. The number of nitrogens with one attached hydrogen (secondary N) is 1. The molecule has 0 aliphatic rings. The lowest BCUT2D eigenvalue weighted by atomic mass is 10.2. The SMILES string of the molecule is NCCCCCCn1cnc2nn[nH]c(=O)c21. The minimum Gasteiger partial charge on any atom is -0.330 e. The monoisotopic (exact) mass is 236 g/mol. The number of aryl methyl sites for hydroxylation is 1. The van der Waals surface area contributed by atoms with Gasteiger partial charge in [-0.25, -0.2) is 10.1 Å². The van der Waals surface area contributed by atoms with E-state index in [4.69, 9.17) is 5.73 Å². The van der Waals surface area contributed by atoms with Gasteiger partial charge in [0.15, 0.2) is 5.52 Å². The van der Waals surface area contributed by atoms with Gasteiger partial charge in [0.1, 0.15) is 0 Å². The molecule has 0 unspecified atom stereocenters. The van der Waals surface area contributed by atoms with Gasteiger partial charge in [-0.15, -0.1) is 5.10 Å². The molecule has 0 bridgehead atoms. The molecule has 2 rings (SSSR count). The molecule has 0 atom stereocenters. The standard InChI is InChI=1S/C10H16N6O/c11-5-3-1-2-4-6-16-7-12-9-8(16)10(17)14-15-13-9/h7H,1-6,11H2,(H,13,14,17). The number of nitrogens with zero attached hydrogens (tertiary/aromatic N) is 4. The first-order chi connectivity index (χ1) is 8.33. The van der Waals surface area contributed by atoms with Crippen LogP contribution in [-0.4, -0.2) is 31.5 Å². The van der Waals surface area contributed by atoms with Gasteiger partial charge in [0, 0.05) is 6.54 Å². The quantitative estimate of drug-likeness (QED) is 0.689. The Balaban J connectivity index is 2.02. The number of H-pyrrole nitrogens is 1. The number of rotatable bonds is 6. The van der Waals surface area contributed by atoms with Crippen LogP contribution in [0.2, 0.25) is 0 Å². The van der Waals surface area contributed by atoms with Crippen molar-refractivity contribution in [1.29, 1.82) is 0 Å². The minimum absolute atomic E-state index is 0.241. The van der Waals surface area contributed by atoms with Gasteiger partial charge < -0.3 is 10.3 Å². The lowest BCUT2D eigenvalue weighted by molar-refractivity contribution is 0.581. The van der Waals surface area contributed by atoms with Crippen LogP contribution in [0.15, 0.2) is 11.1 Å². The third-order valence-electron chi connectivity index (χ3n) is 2.68. The fourth-order valence-corrected chi connectivity index (χ4v) is 1.80. The smallest absolute Gasteiger partial charge is 0.293 e. The third-order valence-corrected chi connectivity index (χ3v) is 2.68. The highest BCUT2D eigenvalue weighted by molar-refractivity contribution is 5.68. The summed E-state index contributed by atoms with van der Waals surface area (Å²) in [5.41, 5.74) is 6.08. The van der Waals surface area contributed by atoms with Crippen LogP contribution >= 0.6 is 0 Å². The van der Waals surface area contributed by atoms with Crippen molar-refractivity contribution in [2.45, 2.75) is 32.2 Å². The van der Waals surface area contributed by atoms with E-state index >= 15 is 0 Å². The van der Waals surface area contributed by atoms with Crippen molar-refractivity contribution in [3.05, 3.63) is 16.7 Å². The zero-order valence-corrected chi connectivity index (χ0v) is 9.59. The van der Waals surface area contributed by atoms with Crippen LogP contribution in [-0.2, 0) is 6.54 Å². The first-order valence-electron chi connectivity index (χ1n) is 5.79. The maximum atomic E-state index is 11.6. The van der Waals surface area contributed by atoms with Gasteiger partial charge in [-0.3, -0.25) is 4.79 Å². The summed E-state index contributed by atoms with van der Waals surface area (Å²) in [5, 5.41) is 9.55. The molecule has 0 amide bonds. The van der Waals surface area contributed by atoms with E-state index in [1.54, 1.807) is 6.33 Å². The fraction of sp³-hybridized carbons (Fsp3) is 0.600. The maximum Gasteiger partial charge on any atom is 0.293 e. The summed E-state index contributed by atoms with van der Waals surface area (Å²) in [6, 6.07) is 0. The first-order valence-corrected chi connectivity index (χ1v) is 5.79. The average molecular weight is 236 g/mol. The highest BCUT2D eigenvalue weighted by Crippen LogP contribution is 2.06. The van der Waals surface area contributed by atoms with Gasteiger partial charge in [-0.2, -0.15) is 0 Å². The summed E-state index contributed by atoms with van der Waals surface area (Å²) in [7, 11) is 0. The molecule has 0 spiro atoms. The zero-order valence-electron chi connectivity index (χ0n) is 9.59. The second kappa shape index (κ2) is 5.53. The van der Waals surface area contributed by atoms with Crippen molar-refractivity contribution in [1.82, 2.24) is 25.0 Å². The highest BCUT2D eigenvalue weighted by atomic mass is 16.1. The Kier molecular flexibility index (Phi) is 3.81. The molecular formula is C10H16N6O. The molecule has 0 fully saturated rings. The van der Waals surface area contributed by atoms with E-state index in [-0.39, 0.29) is 5.56 Å². The molecule has 0 radical (unpaired) electrons. The second-order valence-corrected chi connectivity index (χ2v) is 3.95. The molecule has 0 saturated heterocycles. The molecular weight excluding hydrogens is 220 g/mol. The minimum atomic E-state index is -0.241. The maximum absolute atomic E-state index is 11.6. The van der Waals surface area contributed by atoms with Crippen LogP contribution in [0.3, 0.4) is 0 Å². The molecule has 7 nitrogen and oxygen atoms in total.